The smallest absolute Gasteiger partial charge is 0.410 e. The Morgan fingerprint density at radius 1 is 0.603 bits per heavy atom. The van der Waals surface area contributed by atoms with Gasteiger partial charge in [0.15, 0.2) is 0 Å². The van der Waals surface area contributed by atoms with Crippen LogP contribution in [-0.4, -0.2) is 113 Å². The van der Waals surface area contributed by atoms with Crippen LogP contribution in [0.1, 0.15) is 82.5 Å². The quantitative estimate of drug-likeness (QED) is 0.0628. The number of carbonyl (C=O) groups excluding carboxylic acids is 3. The van der Waals surface area contributed by atoms with Crippen LogP contribution in [0.3, 0.4) is 0 Å². The molecule has 2 aliphatic heterocycles. The Labute approximate surface area is 457 Å². The summed E-state index contributed by atoms with van der Waals surface area (Å²) in [4.78, 5) is 62.0. The number of carboxylic acids is 1. The van der Waals surface area contributed by atoms with Crippen LogP contribution in [0.2, 0.25) is 0 Å². The van der Waals surface area contributed by atoms with Crippen molar-refractivity contribution in [2.45, 2.75) is 99.2 Å². The number of aliphatic carboxylic acids is 1. The maximum absolute atomic E-state index is 12.7. The van der Waals surface area contributed by atoms with Gasteiger partial charge in [-0.05, 0) is 153 Å². The molecule has 8 rings (SSSR count). The number of hydrogen-bond donors (Lipinski definition) is 1. The fourth-order valence-electron chi connectivity index (χ4n) is 9.39. The first-order valence-corrected chi connectivity index (χ1v) is 26.6. The summed E-state index contributed by atoms with van der Waals surface area (Å²) in [6.45, 7) is 18.9. The number of aromatic nitrogens is 2. The van der Waals surface area contributed by atoms with Crippen LogP contribution < -0.4 is 14.2 Å². The van der Waals surface area contributed by atoms with Gasteiger partial charge in [0, 0.05) is 50.1 Å². The monoisotopic (exact) mass is 1070 g/mol. The van der Waals surface area contributed by atoms with Crippen LogP contribution in [0.5, 0.6) is 17.2 Å². The van der Waals surface area contributed by atoms with E-state index in [1.807, 2.05) is 138 Å². The van der Waals surface area contributed by atoms with Crippen molar-refractivity contribution >= 4 is 24.1 Å². The number of oxazole rings is 2. The molecule has 78 heavy (non-hydrogen) atoms. The lowest BCUT2D eigenvalue weighted by Crippen LogP contribution is -2.36. The number of aryl methyl sites for hydroxylation is 2. The number of methoxy groups -OCH3 is 1. The Morgan fingerprint density at radius 3 is 1.53 bits per heavy atom. The van der Waals surface area contributed by atoms with Crippen molar-refractivity contribution in [2.24, 2.45) is 23.7 Å². The zero-order valence-electron chi connectivity index (χ0n) is 46.5. The number of amides is 2. The van der Waals surface area contributed by atoms with Gasteiger partial charge in [0.2, 0.25) is 11.8 Å². The highest BCUT2D eigenvalue weighted by atomic mass is 16.6. The molecule has 4 aromatic carbocycles. The molecule has 0 bridgehead atoms. The van der Waals surface area contributed by atoms with Crippen LogP contribution >= 0.6 is 0 Å². The van der Waals surface area contributed by atoms with Crippen molar-refractivity contribution in [3.05, 3.63) is 137 Å². The first kappa shape index (κ1) is 57.9. The van der Waals surface area contributed by atoms with Gasteiger partial charge in [-0.15, -0.1) is 0 Å². The van der Waals surface area contributed by atoms with E-state index in [0.29, 0.717) is 82.7 Å². The van der Waals surface area contributed by atoms with Gasteiger partial charge in [-0.1, -0.05) is 48.5 Å². The van der Waals surface area contributed by atoms with Gasteiger partial charge >= 0.3 is 24.1 Å². The Balaban J connectivity index is 0.000000226. The second kappa shape index (κ2) is 26.0. The summed E-state index contributed by atoms with van der Waals surface area (Å²) in [7, 11) is 1.62. The van der Waals surface area contributed by atoms with E-state index in [2.05, 4.69) is 9.97 Å². The molecule has 2 fully saturated rings. The summed E-state index contributed by atoms with van der Waals surface area (Å²) in [6, 6.07) is 32.9. The molecule has 6 aromatic rings. The summed E-state index contributed by atoms with van der Waals surface area (Å²) in [6.07, 6.45) is 1.53. The largest absolute Gasteiger partial charge is 0.497 e. The zero-order chi connectivity index (χ0) is 56.1. The second-order valence-corrected chi connectivity index (χ2v) is 21.6. The Kier molecular flexibility index (Phi) is 19.3. The minimum Gasteiger partial charge on any atom is -0.497 e. The van der Waals surface area contributed by atoms with E-state index in [-0.39, 0.29) is 30.3 Å². The average Bonchev–Trinajstić information content (AvgIpc) is 4.23. The molecule has 4 heterocycles. The molecule has 1 N–H and O–H groups in total. The fraction of sp³-hybridized carbons (Fsp3) is 0.443. The zero-order valence-corrected chi connectivity index (χ0v) is 46.5. The molecule has 0 aliphatic carbocycles. The number of carboxylic acid groups (broad SMARTS) is 1. The molecule has 17 nitrogen and oxygen atoms in total. The van der Waals surface area contributed by atoms with Gasteiger partial charge in [0.25, 0.3) is 0 Å². The van der Waals surface area contributed by atoms with E-state index >= 15 is 0 Å². The number of ether oxygens (including phenoxy) is 6. The molecule has 4 atom stereocenters. The van der Waals surface area contributed by atoms with Gasteiger partial charge in [-0.2, -0.15) is 0 Å². The standard InChI is InChI=1S/C31H38N2O6.C30H36N2O7/c1-6-36-29(34)26-20-33(30(35)39-31(3,4)5)19-24(26)18-22-12-14-25(15-13-22)37-17-16-27-21(2)38-28(32-27)23-10-8-7-9-11-23;1-19-26(31-27(38-19)21-7-6-8-24(16-21)36-5)13-14-37-23-11-9-20(10-12-23)15-22-17-32(18-25(22)28(33)34)29(35)39-30(2,3)4/h7-15,24,26H,6,16-20H2,1-5H3;6-12,16,22,25H,13-15,17-18H2,1-5H3,(H,33,34)/t24-,26+;22-,25+/m11/s1. The van der Waals surface area contributed by atoms with Gasteiger partial charge in [0.05, 0.1) is 50.2 Å². The van der Waals surface area contributed by atoms with E-state index in [4.69, 9.17) is 37.3 Å². The minimum absolute atomic E-state index is 0.0581. The second-order valence-electron chi connectivity index (χ2n) is 21.6. The predicted molar refractivity (Wildman–Crippen MR) is 292 cm³/mol. The third-order valence-corrected chi connectivity index (χ3v) is 13.3. The van der Waals surface area contributed by atoms with E-state index in [9.17, 15) is 24.3 Å². The lowest BCUT2D eigenvalue weighted by Gasteiger charge is -2.24. The SMILES string of the molecule is CCOC(=O)[C@H]1CN(C(=O)OC(C)(C)C)C[C@H]1Cc1ccc(OCCc2nc(-c3ccccc3)oc2C)cc1.COc1cccc(-c2nc(CCOc3ccc(C[C@@H]4CN(C(=O)OC(C)(C)C)C[C@@H]4C(=O)O)cc3)c(C)o2)c1. The van der Waals surface area contributed by atoms with Crippen LogP contribution in [0.4, 0.5) is 9.59 Å². The molecular weight excluding hydrogens is 997 g/mol. The topological polar surface area (TPSA) is 202 Å². The van der Waals surface area contributed by atoms with Crippen LogP contribution in [0, 0.1) is 37.5 Å². The number of hydrogen-bond acceptors (Lipinski definition) is 14. The maximum atomic E-state index is 12.7. The van der Waals surface area contributed by atoms with Gasteiger partial charge in [-0.3, -0.25) is 9.59 Å². The van der Waals surface area contributed by atoms with E-state index in [1.165, 1.54) is 4.90 Å². The number of rotatable bonds is 18. The van der Waals surface area contributed by atoms with E-state index < -0.39 is 35.3 Å². The van der Waals surface area contributed by atoms with Gasteiger partial charge in [0.1, 0.15) is 40.0 Å². The lowest BCUT2D eigenvalue weighted by molar-refractivity contribution is -0.148. The molecule has 2 amide bonds. The first-order chi connectivity index (χ1) is 37.1. The summed E-state index contributed by atoms with van der Waals surface area (Å²) >= 11 is 0. The summed E-state index contributed by atoms with van der Waals surface area (Å²) in [5.41, 5.74) is 4.33. The normalized spacial score (nSPS) is 17.2. The Morgan fingerprint density at radius 2 is 1.06 bits per heavy atom. The molecule has 0 unspecified atom stereocenters. The van der Waals surface area contributed by atoms with Crippen molar-refractivity contribution < 1.29 is 61.5 Å². The third-order valence-electron chi connectivity index (χ3n) is 13.3. The molecule has 2 aromatic heterocycles. The molecule has 0 spiro atoms. The highest BCUT2D eigenvalue weighted by Gasteiger charge is 2.43. The molecule has 17 heteroatoms. The van der Waals surface area contributed by atoms with Crippen molar-refractivity contribution in [2.75, 3.05) is 53.1 Å². The molecule has 0 radical (unpaired) electrons. The van der Waals surface area contributed by atoms with Crippen molar-refractivity contribution in [1.82, 2.24) is 19.8 Å². The molecule has 2 aliphatic rings. The molecule has 0 saturated carbocycles. The summed E-state index contributed by atoms with van der Waals surface area (Å²) < 4.78 is 45.1. The first-order valence-electron chi connectivity index (χ1n) is 26.6. The van der Waals surface area contributed by atoms with Crippen molar-refractivity contribution in [3.8, 4) is 40.2 Å². The highest BCUT2D eigenvalue weighted by Crippen LogP contribution is 2.32. The predicted octanol–water partition coefficient (Wildman–Crippen LogP) is 11.3. The van der Waals surface area contributed by atoms with Crippen LogP contribution in [-0.2, 0) is 49.5 Å². The molecule has 416 valence electrons. The maximum Gasteiger partial charge on any atom is 0.410 e. The molecular formula is C61H74N4O13. The highest BCUT2D eigenvalue weighted by molar-refractivity contribution is 5.77. The van der Waals surface area contributed by atoms with E-state index in [1.54, 1.807) is 39.7 Å². The fourth-order valence-corrected chi connectivity index (χ4v) is 9.39. The van der Waals surface area contributed by atoms with Crippen LogP contribution in [0.15, 0.2) is 112 Å². The third kappa shape index (κ3) is 16.4. The minimum atomic E-state index is -0.899. The number of benzene rings is 4. The van der Waals surface area contributed by atoms with Crippen LogP contribution in [0.25, 0.3) is 22.9 Å². The Hall–Kier alpha value is -7.82. The van der Waals surface area contributed by atoms with Crippen molar-refractivity contribution in [3.63, 3.8) is 0 Å². The number of esters is 1. The molecule has 2 saturated heterocycles. The number of carbonyl (C=O) groups is 4. The lowest BCUT2D eigenvalue weighted by atomic mass is 9.90. The van der Waals surface area contributed by atoms with Gasteiger partial charge < -0.3 is 52.2 Å². The average molecular weight is 1070 g/mol. The van der Waals surface area contributed by atoms with E-state index in [0.717, 1.165) is 56.7 Å². The van der Waals surface area contributed by atoms with Gasteiger partial charge in [-0.25, -0.2) is 19.6 Å². The summed E-state index contributed by atoms with van der Waals surface area (Å²) in [5, 5.41) is 9.72. The number of likely N-dealkylation sites (tertiary alicyclic amines) is 2. The van der Waals surface area contributed by atoms with Crippen molar-refractivity contribution in [1.29, 1.82) is 0 Å². The summed E-state index contributed by atoms with van der Waals surface area (Å²) in [5.74, 6) is 2.45. The Bertz CT molecular complexity index is 2940. The number of nitrogens with zero attached hydrogens (tertiary/aromatic N) is 4.